The summed E-state index contributed by atoms with van der Waals surface area (Å²) in [5, 5.41) is 18.4. The van der Waals surface area contributed by atoms with Gasteiger partial charge < -0.3 is 15.1 Å². The Hall–Kier alpha value is -2.16. The predicted octanol–water partition coefficient (Wildman–Crippen LogP) is 0.743. The number of carbonyl (C=O) groups is 2. The van der Waals surface area contributed by atoms with Crippen molar-refractivity contribution in [2.24, 2.45) is 5.92 Å². The van der Waals surface area contributed by atoms with Crippen molar-refractivity contribution in [1.82, 2.24) is 0 Å². The molecule has 1 aromatic rings. The molecule has 1 aromatic carbocycles. The van der Waals surface area contributed by atoms with E-state index in [2.05, 4.69) is 0 Å². The fourth-order valence-electron chi connectivity index (χ4n) is 2.34. The zero-order valence-electron chi connectivity index (χ0n) is 10.7. The fraction of sp³-hybridized carbons (Fsp3) is 0.333. The minimum absolute atomic E-state index is 0.0454. The predicted molar refractivity (Wildman–Crippen MR) is 70.4 cm³/mol. The highest BCUT2D eigenvalue weighted by Crippen LogP contribution is 2.31. The van der Waals surface area contributed by atoms with E-state index in [0.29, 0.717) is 0 Å². The number of carboxylic acids is 1. The number of anilines is 1. The summed E-state index contributed by atoms with van der Waals surface area (Å²) >= 11 is 0. The third-order valence-corrected chi connectivity index (χ3v) is 4.01. The summed E-state index contributed by atoms with van der Waals surface area (Å²) in [5.74, 6) is -3.61. The number of aromatic carboxylic acids is 1. The molecule has 0 bridgehead atoms. The number of amides is 1. The highest BCUT2D eigenvalue weighted by atomic mass is 32.3. The molecule has 9 heteroatoms. The molecule has 1 amide bonds. The molecule has 2 rings (SSSR count). The van der Waals surface area contributed by atoms with Gasteiger partial charge in [0.15, 0.2) is 0 Å². The molecule has 0 spiro atoms. The van der Waals surface area contributed by atoms with Crippen LogP contribution in [0, 0.1) is 5.92 Å². The molecule has 1 unspecified atom stereocenters. The summed E-state index contributed by atoms with van der Waals surface area (Å²) in [6.07, 6.45) is -0.177. The highest BCUT2D eigenvalue weighted by molar-refractivity contribution is 7.86. The number of phenolic OH excluding ortho intramolecular Hbond substituents is 1. The van der Waals surface area contributed by atoms with Crippen LogP contribution < -0.4 is 4.90 Å². The number of hydrogen-bond donors (Lipinski definition) is 2. The van der Waals surface area contributed by atoms with Gasteiger partial charge in [-0.2, -0.15) is 8.42 Å². The van der Waals surface area contributed by atoms with E-state index in [1.165, 1.54) is 12.1 Å². The number of carbonyl (C=O) groups excluding carboxylic acids is 1. The zero-order chi connectivity index (χ0) is 15.8. The van der Waals surface area contributed by atoms with Crippen molar-refractivity contribution < 1.29 is 32.1 Å². The van der Waals surface area contributed by atoms with Crippen molar-refractivity contribution in [3.63, 3.8) is 0 Å². The summed E-state index contributed by atoms with van der Waals surface area (Å²) in [4.78, 5) is 24.1. The van der Waals surface area contributed by atoms with Crippen LogP contribution in [-0.4, -0.2) is 42.8 Å². The van der Waals surface area contributed by atoms with Gasteiger partial charge in [0.25, 0.3) is 0 Å². The molecule has 1 saturated heterocycles. The lowest BCUT2D eigenvalue weighted by Gasteiger charge is -2.19. The van der Waals surface area contributed by atoms with E-state index in [1.54, 1.807) is 0 Å². The van der Waals surface area contributed by atoms with Gasteiger partial charge in [-0.15, -0.1) is 3.89 Å². The summed E-state index contributed by atoms with van der Waals surface area (Å²) in [5.41, 5.74) is -0.240. The Kier molecular flexibility index (Phi) is 3.86. The molecule has 0 aliphatic carbocycles. The van der Waals surface area contributed by atoms with E-state index in [1.807, 2.05) is 0 Å². The number of benzene rings is 1. The number of phenols is 1. The standard InChI is InChI=1S/C12H12FNO6S/c13-21(19,20)6-7-3-11(16)14(5-7)10-2-1-8(15)4-9(10)12(17)18/h1-2,4,7,15H,3,5-6H2,(H,17,18). The Morgan fingerprint density at radius 1 is 1.43 bits per heavy atom. The Labute approximate surface area is 119 Å². The summed E-state index contributed by atoms with van der Waals surface area (Å²) in [6, 6.07) is 3.46. The van der Waals surface area contributed by atoms with Gasteiger partial charge >= 0.3 is 16.2 Å². The summed E-state index contributed by atoms with van der Waals surface area (Å²) in [7, 11) is -4.70. The number of carboxylic acid groups (broad SMARTS) is 1. The molecule has 114 valence electrons. The number of rotatable bonds is 4. The van der Waals surface area contributed by atoms with Crippen LogP contribution >= 0.6 is 0 Å². The molecule has 1 fully saturated rings. The van der Waals surface area contributed by atoms with Crippen molar-refractivity contribution >= 4 is 27.8 Å². The highest BCUT2D eigenvalue weighted by Gasteiger charge is 2.35. The zero-order valence-corrected chi connectivity index (χ0v) is 11.5. The Bertz CT molecular complexity index is 702. The molecule has 1 heterocycles. The van der Waals surface area contributed by atoms with Crippen LogP contribution in [0.15, 0.2) is 18.2 Å². The van der Waals surface area contributed by atoms with Gasteiger partial charge in [0.05, 0.1) is 17.0 Å². The second kappa shape index (κ2) is 5.32. The lowest BCUT2D eigenvalue weighted by atomic mass is 10.1. The largest absolute Gasteiger partial charge is 0.508 e. The first-order valence-corrected chi connectivity index (χ1v) is 7.51. The second-order valence-electron chi connectivity index (χ2n) is 4.79. The van der Waals surface area contributed by atoms with E-state index >= 15 is 0 Å². The Morgan fingerprint density at radius 2 is 2.10 bits per heavy atom. The van der Waals surface area contributed by atoms with Crippen LogP contribution in [0.5, 0.6) is 5.75 Å². The average molecular weight is 317 g/mol. The van der Waals surface area contributed by atoms with Crippen LogP contribution in [0.25, 0.3) is 0 Å². The number of hydrogen-bond acceptors (Lipinski definition) is 5. The molecule has 1 aliphatic rings. The maximum Gasteiger partial charge on any atom is 0.337 e. The number of halogens is 1. The third kappa shape index (κ3) is 3.48. The molecular weight excluding hydrogens is 305 g/mol. The van der Waals surface area contributed by atoms with Gasteiger partial charge in [0.2, 0.25) is 5.91 Å². The molecule has 2 N–H and O–H groups in total. The van der Waals surface area contributed by atoms with Crippen molar-refractivity contribution in [2.75, 3.05) is 17.2 Å². The van der Waals surface area contributed by atoms with Crippen molar-refractivity contribution in [3.05, 3.63) is 23.8 Å². The third-order valence-electron chi connectivity index (χ3n) is 3.14. The Morgan fingerprint density at radius 3 is 2.67 bits per heavy atom. The summed E-state index contributed by atoms with van der Waals surface area (Å²) in [6.45, 7) is -0.0902. The van der Waals surface area contributed by atoms with Gasteiger partial charge in [-0.3, -0.25) is 4.79 Å². The molecule has 1 atom stereocenters. The molecule has 0 aromatic heterocycles. The van der Waals surface area contributed by atoms with E-state index in [0.717, 1.165) is 11.0 Å². The van der Waals surface area contributed by atoms with Gasteiger partial charge in [-0.1, -0.05) is 0 Å². The maximum absolute atomic E-state index is 12.7. The smallest absolute Gasteiger partial charge is 0.337 e. The quantitative estimate of drug-likeness (QED) is 0.792. The average Bonchev–Trinajstić information content (AvgIpc) is 2.67. The van der Waals surface area contributed by atoms with Crippen LogP contribution in [-0.2, 0) is 15.0 Å². The molecule has 21 heavy (non-hydrogen) atoms. The van der Waals surface area contributed by atoms with E-state index < -0.39 is 33.8 Å². The molecular formula is C12H12FNO6S. The van der Waals surface area contributed by atoms with Crippen LogP contribution in [0.4, 0.5) is 9.57 Å². The lowest BCUT2D eigenvalue weighted by Crippen LogP contribution is -2.27. The van der Waals surface area contributed by atoms with E-state index in [4.69, 9.17) is 5.11 Å². The van der Waals surface area contributed by atoms with Gasteiger partial charge in [0.1, 0.15) is 5.75 Å². The van der Waals surface area contributed by atoms with Gasteiger partial charge in [-0.05, 0) is 18.2 Å². The molecule has 0 saturated carbocycles. The van der Waals surface area contributed by atoms with Crippen LogP contribution in [0.2, 0.25) is 0 Å². The lowest BCUT2D eigenvalue weighted by molar-refractivity contribution is -0.117. The van der Waals surface area contributed by atoms with E-state index in [-0.39, 0.29) is 30.0 Å². The first-order valence-electron chi connectivity index (χ1n) is 5.96. The van der Waals surface area contributed by atoms with Gasteiger partial charge in [0, 0.05) is 18.9 Å². The van der Waals surface area contributed by atoms with Gasteiger partial charge in [-0.25, -0.2) is 4.79 Å². The fourth-order valence-corrected chi connectivity index (χ4v) is 3.12. The van der Waals surface area contributed by atoms with E-state index in [9.17, 15) is 27.0 Å². The Balaban J connectivity index is 2.31. The summed E-state index contributed by atoms with van der Waals surface area (Å²) < 4.78 is 33.9. The molecule has 7 nitrogen and oxygen atoms in total. The monoisotopic (exact) mass is 317 g/mol. The van der Waals surface area contributed by atoms with Crippen molar-refractivity contribution in [1.29, 1.82) is 0 Å². The second-order valence-corrected chi connectivity index (χ2v) is 6.20. The van der Waals surface area contributed by atoms with Crippen molar-refractivity contribution in [3.8, 4) is 5.75 Å². The minimum atomic E-state index is -4.70. The van der Waals surface area contributed by atoms with Crippen LogP contribution in [0.1, 0.15) is 16.8 Å². The normalized spacial score (nSPS) is 19.0. The first-order chi connectivity index (χ1) is 9.67. The first kappa shape index (κ1) is 15.2. The SMILES string of the molecule is O=C(O)c1cc(O)ccc1N1CC(CS(=O)(=O)F)CC1=O. The topological polar surface area (TPSA) is 112 Å². The minimum Gasteiger partial charge on any atom is -0.508 e. The van der Waals surface area contributed by atoms with Crippen LogP contribution in [0.3, 0.4) is 0 Å². The molecule has 0 radical (unpaired) electrons. The number of aromatic hydroxyl groups is 1. The molecule has 1 aliphatic heterocycles. The maximum atomic E-state index is 12.7. The number of nitrogens with zero attached hydrogens (tertiary/aromatic N) is 1. The van der Waals surface area contributed by atoms with Crippen molar-refractivity contribution in [2.45, 2.75) is 6.42 Å².